The van der Waals surface area contributed by atoms with Crippen LogP contribution in [0, 0.1) is 0 Å². The fourth-order valence-electron chi connectivity index (χ4n) is 1.09. The predicted octanol–water partition coefficient (Wildman–Crippen LogP) is 1.42. The third-order valence-corrected chi connectivity index (χ3v) is 2.40. The van der Waals surface area contributed by atoms with Crippen molar-refractivity contribution in [2.24, 2.45) is 5.10 Å². The fraction of sp³-hybridized carbons (Fsp3) is 0.250. The molecule has 6 heteroatoms. The molecule has 0 radical (unpaired) electrons. The zero-order valence-electron chi connectivity index (χ0n) is 10.1. The number of carbonyl (C=O) groups excluding carboxylic acids is 2. The minimum Gasteiger partial charge on any atom is -0.346 e. The van der Waals surface area contributed by atoms with Gasteiger partial charge in [-0.15, -0.1) is 0 Å². The Morgan fingerprint density at radius 1 is 1.22 bits per heavy atom. The molecule has 1 aromatic carbocycles. The molecule has 0 fully saturated rings. The van der Waals surface area contributed by atoms with Crippen LogP contribution in [-0.2, 0) is 9.59 Å². The zero-order valence-corrected chi connectivity index (χ0v) is 11.7. The number of hydrogen-bond donors (Lipinski definition) is 2. The highest BCUT2D eigenvalue weighted by Crippen LogP contribution is 2.08. The largest absolute Gasteiger partial charge is 0.346 e. The van der Waals surface area contributed by atoms with Crippen LogP contribution < -0.4 is 10.7 Å². The molecule has 0 aromatic heterocycles. The van der Waals surface area contributed by atoms with Gasteiger partial charge in [0.1, 0.15) is 0 Å². The van der Waals surface area contributed by atoms with E-state index in [2.05, 4.69) is 31.8 Å². The third kappa shape index (κ3) is 5.09. The SMILES string of the molecule is CC(C)NC(=O)C(=O)N/N=C/c1ccc(Br)cc1. The van der Waals surface area contributed by atoms with Crippen molar-refractivity contribution in [3.8, 4) is 0 Å². The number of rotatable bonds is 3. The van der Waals surface area contributed by atoms with Gasteiger partial charge in [0.25, 0.3) is 0 Å². The van der Waals surface area contributed by atoms with Gasteiger partial charge in [-0.05, 0) is 31.5 Å². The van der Waals surface area contributed by atoms with Gasteiger partial charge in [0, 0.05) is 10.5 Å². The van der Waals surface area contributed by atoms with Crippen LogP contribution in [0.3, 0.4) is 0 Å². The van der Waals surface area contributed by atoms with Crippen molar-refractivity contribution in [1.29, 1.82) is 0 Å². The van der Waals surface area contributed by atoms with Gasteiger partial charge in [-0.25, -0.2) is 5.43 Å². The summed E-state index contributed by atoms with van der Waals surface area (Å²) in [6.07, 6.45) is 1.47. The van der Waals surface area contributed by atoms with E-state index in [1.54, 1.807) is 13.8 Å². The van der Waals surface area contributed by atoms with E-state index in [-0.39, 0.29) is 6.04 Å². The standard InChI is InChI=1S/C12H14BrN3O2/c1-8(2)15-11(17)12(18)16-14-7-9-3-5-10(13)6-4-9/h3-8H,1-2H3,(H,15,17)(H,16,18)/b14-7+. The van der Waals surface area contributed by atoms with Crippen LogP contribution in [0.5, 0.6) is 0 Å². The molecule has 0 spiro atoms. The van der Waals surface area contributed by atoms with E-state index in [4.69, 9.17) is 0 Å². The van der Waals surface area contributed by atoms with Gasteiger partial charge in [0.2, 0.25) is 0 Å². The molecule has 1 aromatic rings. The van der Waals surface area contributed by atoms with Gasteiger partial charge in [-0.3, -0.25) is 9.59 Å². The lowest BCUT2D eigenvalue weighted by Crippen LogP contribution is -2.41. The Hall–Kier alpha value is -1.69. The second-order valence-corrected chi connectivity index (χ2v) is 4.79. The van der Waals surface area contributed by atoms with Crippen molar-refractivity contribution in [1.82, 2.24) is 10.7 Å². The molecule has 18 heavy (non-hydrogen) atoms. The van der Waals surface area contributed by atoms with E-state index in [0.717, 1.165) is 10.0 Å². The molecule has 0 aliphatic carbocycles. The number of carbonyl (C=O) groups is 2. The highest BCUT2D eigenvalue weighted by Gasteiger charge is 2.12. The molecule has 2 amide bonds. The van der Waals surface area contributed by atoms with Gasteiger partial charge in [0.05, 0.1) is 6.21 Å². The number of hydrazone groups is 1. The Morgan fingerprint density at radius 2 is 1.83 bits per heavy atom. The number of nitrogens with zero attached hydrogens (tertiary/aromatic N) is 1. The fourth-order valence-corrected chi connectivity index (χ4v) is 1.36. The van der Waals surface area contributed by atoms with Gasteiger partial charge < -0.3 is 5.32 Å². The van der Waals surface area contributed by atoms with Crippen molar-refractivity contribution in [2.75, 3.05) is 0 Å². The molecule has 0 heterocycles. The number of nitrogens with one attached hydrogen (secondary N) is 2. The normalized spacial score (nSPS) is 10.7. The number of amides is 2. The molecule has 0 atom stereocenters. The molecule has 96 valence electrons. The maximum atomic E-state index is 11.3. The van der Waals surface area contributed by atoms with Crippen LogP contribution in [0.1, 0.15) is 19.4 Å². The molecule has 0 bridgehead atoms. The minimum absolute atomic E-state index is 0.0845. The van der Waals surface area contributed by atoms with Crippen LogP contribution in [0.4, 0.5) is 0 Å². The van der Waals surface area contributed by atoms with Crippen molar-refractivity contribution in [3.63, 3.8) is 0 Å². The summed E-state index contributed by atoms with van der Waals surface area (Å²) >= 11 is 3.31. The van der Waals surface area contributed by atoms with Crippen LogP contribution in [-0.4, -0.2) is 24.1 Å². The second kappa shape index (κ2) is 6.90. The summed E-state index contributed by atoms with van der Waals surface area (Å²) in [5, 5.41) is 6.17. The van der Waals surface area contributed by atoms with E-state index in [0.29, 0.717) is 0 Å². The molecule has 0 saturated heterocycles. The van der Waals surface area contributed by atoms with Crippen molar-refractivity contribution in [3.05, 3.63) is 34.3 Å². The van der Waals surface area contributed by atoms with Gasteiger partial charge in [-0.1, -0.05) is 28.1 Å². The first-order valence-corrected chi connectivity index (χ1v) is 6.18. The van der Waals surface area contributed by atoms with Crippen LogP contribution in [0.25, 0.3) is 0 Å². The Morgan fingerprint density at radius 3 is 2.39 bits per heavy atom. The Balaban J connectivity index is 2.47. The van der Waals surface area contributed by atoms with Crippen LogP contribution in [0.2, 0.25) is 0 Å². The van der Waals surface area contributed by atoms with E-state index in [1.807, 2.05) is 24.3 Å². The summed E-state index contributed by atoms with van der Waals surface area (Å²) < 4.78 is 0.958. The number of halogens is 1. The van der Waals surface area contributed by atoms with E-state index in [9.17, 15) is 9.59 Å². The highest BCUT2D eigenvalue weighted by atomic mass is 79.9. The molecule has 5 nitrogen and oxygen atoms in total. The summed E-state index contributed by atoms with van der Waals surface area (Å²) in [4.78, 5) is 22.5. The first-order valence-electron chi connectivity index (χ1n) is 5.38. The first kappa shape index (κ1) is 14.4. The topological polar surface area (TPSA) is 70.6 Å². The summed E-state index contributed by atoms with van der Waals surface area (Å²) in [6.45, 7) is 3.55. The molecule has 2 N–H and O–H groups in total. The summed E-state index contributed by atoms with van der Waals surface area (Å²) in [5.41, 5.74) is 2.98. The number of benzene rings is 1. The molecular formula is C12H14BrN3O2. The zero-order chi connectivity index (χ0) is 13.5. The maximum Gasteiger partial charge on any atom is 0.329 e. The highest BCUT2D eigenvalue weighted by molar-refractivity contribution is 9.10. The minimum atomic E-state index is -0.780. The van der Waals surface area contributed by atoms with Crippen molar-refractivity contribution in [2.45, 2.75) is 19.9 Å². The summed E-state index contributed by atoms with van der Waals surface area (Å²) in [5.74, 6) is -1.48. The average molecular weight is 312 g/mol. The third-order valence-electron chi connectivity index (χ3n) is 1.88. The van der Waals surface area contributed by atoms with E-state index >= 15 is 0 Å². The second-order valence-electron chi connectivity index (χ2n) is 3.88. The molecule has 0 unspecified atom stereocenters. The van der Waals surface area contributed by atoms with E-state index < -0.39 is 11.8 Å². The van der Waals surface area contributed by atoms with Gasteiger partial charge in [0.15, 0.2) is 0 Å². The maximum absolute atomic E-state index is 11.3. The summed E-state index contributed by atoms with van der Waals surface area (Å²) in [7, 11) is 0. The lowest BCUT2D eigenvalue weighted by molar-refractivity contribution is -0.139. The monoisotopic (exact) mass is 311 g/mol. The van der Waals surface area contributed by atoms with Crippen LogP contribution in [0.15, 0.2) is 33.8 Å². The molecule has 0 aliphatic heterocycles. The van der Waals surface area contributed by atoms with E-state index in [1.165, 1.54) is 6.21 Å². The quantitative estimate of drug-likeness (QED) is 0.503. The Labute approximate surface area is 114 Å². The first-order chi connectivity index (χ1) is 8.49. The van der Waals surface area contributed by atoms with Crippen molar-refractivity contribution >= 4 is 34.0 Å². The lowest BCUT2D eigenvalue weighted by Gasteiger charge is -2.05. The summed E-state index contributed by atoms with van der Waals surface area (Å²) in [6, 6.07) is 7.28. The van der Waals surface area contributed by atoms with Crippen molar-refractivity contribution < 1.29 is 9.59 Å². The predicted molar refractivity (Wildman–Crippen MR) is 73.2 cm³/mol. The number of hydrogen-bond acceptors (Lipinski definition) is 3. The van der Waals surface area contributed by atoms with Gasteiger partial charge >= 0.3 is 11.8 Å². The molecule has 0 aliphatic rings. The molecular weight excluding hydrogens is 298 g/mol. The Kier molecular flexibility index (Phi) is 5.51. The lowest BCUT2D eigenvalue weighted by atomic mass is 10.2. The Bertz CT molecular complexity index is 455. The molecule has 0 saturated carbocycles. The van der Waals surface area contributed by atoms with Crippen LogP contribution >= 0.6 is 15.9 Å². The van der Waals surface area contributed by atoms with Gasteiger partial charge in [-0.2, -0.15) is 5.10 Å². The average Bonchev–Trinajstić information content (AvgIpc) is 2.30. The molecule has 1 rings (SSSR count). The smallest absolute Gasteiger partial charge is 0.329 e.